The number of aliphatic hydroxyl groups excluding tert-OH is 1. The van der Waals surface area contributed by atoms with Crippen LogP contribution in [0.3, 0.4) is 0 Å². The van der Waals surface area contributed by atoms with E-state index in [9.17, 15) is 9.50 Å². The Morgan fingerprint density at radius 3 is 3.00 bits per heavy atom. The number of halogens is 1. The lowest BCUT2D eigenvalue weighted by molar-refractivity contribution is 0.0867. The van der Waals surface area contributed by atoms with E-state index in [1.165, 1.54) is 18.9 Å². The van der Waals surface area contributed by atoms with Gasteiger partial charge in [0.15, 0.2) is 0 Å². The smallest absolute Gasteiger partial charge is 0.123 e. The maximum atomic E-state index is 13.3. The zero-order valence-corrected chi connectivity index (χ0v) is 12.2. The van der Waals surface area contributed by atoms with Gasteiger partial charge in [-0.15, -0.1) is 0 Å². The van der Waals surface area contributed by atoms with Gasteiger partial charge in [-0.25, -0.2) is 4.39 Å². The summed E-state index contributed by atoms with van der Waals surface area (Å²) in [7, 11) is 1.91. The molecule has 3 nitrogen and oxygen atoms in total. The summed E-state index contributed by atoms with van der Waals surface area (Å²) >= 11 is 0. The van der Waals surface area contributed by atoms with Crippen LogP contribution in [0.25, 0.3) is 0 Å². The van der Waals surface area contributed by atoms with Gasteiger partial charge in [0.1, 0.15) is 5.82 Å². The Morgan fingerprint density at radius 2 is 2.30 bits per heavy atom. The van der Waals surface area contributed by atoms with Crippen LogP contribution in [0, 0.1) is 5.82 Å². The standard InChI is InChI=1S/C16H25FN2O/c1-18-16(13-5-4-6-14(17)11-13)8-10-19-9-3-2-7-15(19)12-20/h4-6,11,15-16,18,20H,2-3,7-10,12H2,1H3. The molecule has 0 spiro atoms. The van der Waals surface area contributed by atoms with Gasteiger partial charge in [0.25, 0.3) is 0 Å². The molecule has 0 radical (unpaired) electrons. The number of hydrogen-bond donors (Lipinski definition) is 2. The third-order valence-electron chi connectivity index (χ3n) is 4.26. The number of hydrogen-bond acceptors (Lipinski definition) is 3. The minimum Gasteiger partial charge on any atom is -0.395 e. The molecule has 4 heteroatoms. The van der Waals surface area contributed by atoms with Crippen molar-refractivity contribution in [3.63, 3.8) is 0 Å². The van der Waals surface area contributed by atoms with Crippen molar-refractivity contribution in [2.24, 2.45) is 0 Å². The van der Waals surface area contributed by atoms with E-state index < -0.39 is 0 Å². The van der Waals surface area contributed by atoms with Crippen molar-refractivity contribution in [2.45, 2.75) is 37.8 Å². The fraction of sp³-hybridized carbons (Fsp3) is 0.625. The Balaban J connectivity index is 1.93. The highest BCUT2D eigenvalue weighted by molar-refractivity contribution is 5.20. The molecule has 1 heterocycles. The monoisotopic (exact) mass is 280 g/mol. The Bertz CT molecular complexity index is 413. The highest BCUT2D eigenvalue weighted by Gasteiger charge is 2.22. The lowest BCUT2D eigenvalue weighted by Gasteiger charge is -2.35. The van der Waals surface area contributed by atoms with E-state index in [-0.39, 0.29) is 18.5 Å². The van der Waals surface area contributed by atoms with E-state index in [2.05, 4.69) is 10.2 Å². The summed E-state index contributed by atoms with van der Waals surface area (Å²) in [6.45, 7) is 2.24. The molecule has 1 aliphatic rings. The van der Waals surface area contributed by atoms with Gasteiger partial charge in [0.2, 0.25) is 0 Å². The largest absolute Gasteiger partial charge is 0.395 e. The normalized spacial score (nSPS) is 21.9. The Kier molecular flexibility index (Phi) is 5.95. The van der Waals surface area contributed by atoms with Gasteiger partial charge in [-0.1, -0.05) is 18.6 Å². The van der Waals surface area contributed by atoms with Crippen molar-refractivity contribution >= 4 is 0 Å². The predicted octanol–water partition coefficient (Wildman–Crippen LogP) is 2.32. The molecule has 1 aromatic carbocycles. The number of rotatable bonds is 6. The lowest BCUT2D eigenvalue weighted by Crippen LogP contribution is -2.43. The zero-order chi connectivity index (χ0) is 14.4. The summed E-state index contributed by atoms with van der Waals surface area (Å²) in [5.41, 5.74) is 0.991. The van der Waals surface area contributed by atoms with Crippen molar-refractivity contribution in [2.75, 3.05) is 26.7 Å². The highest BCUT2D eigenvalue weighted by Crippen LogP contribution is 2.21. The van der Waals surface area contributed by atoms with Gasteiger partial charge < -0.3 is 10.4 Å². The number of likely N-dealkylation sites (tertiary alicyclic amines) is 1. The van der Waals surface area contributed by atoms with Gasteiger partial charge in [-0.2, -0.15) is 0 Å². The van der Waals surface area contributed by atoms with Crippen LogP contribution in [0.4, 0.5) is 4.39 Å². The summed E-state index contributed by atoms with van der Waals surface area (Å²) in [5, 5.41) is 12.7. The van der Waals surface area contributed by atoms with Gasteiger partial charge in [-0.05, 0) is 50.6 Å². The molecule has 0 aromatic heterocycles. The third-order valence-corrected chi connectivity index (χ3v) is 4.26. The second-order valence-electron chi connectivity index (χ2n) is 5.55. The van der Waals surface area contributed by atoms with Crippen molar-refractivity contribution in [3.8, 4) is 0 Å². The molecule has 2 unspecified atom stereocenters. The van der Waals surface area contributed by atoms with Gasteiger partial charge in [0, 0.05) is 18.6 Å². The van der Waals surface area contributed by atoms with E-state index in [0.29, 0.717) is 6.04 Å². The van der Waals surface area contributed by atoms with Crippen LogP contribution in [0.1, 0.15) is 37.3 Å². The first-order valence-corrected chi connectivity index (χ1v) is 7.52. The Morgan fingerprint density at radius 1 is 1.45 bits per heavy atom. The second-order valence-corrected chi connectivity index (χ2v) is 5.55. The molecule has 112 valence electrons. The fourth-order valence-electron chi connectivity index (χ4n) is 3.06. The number of nitrogens with one attached hydrogen (secondary N) is 1. The van der Waals surface area contributed by atoms with Crippen LogP contribution in [0.5, 0.6) is 0 Å². The zero-order valence-electron chi connectivity index (χ0n) is 12.2. The summed E-state index contributed by atoms with van der Waals surface area (Å²) in [6, 6.07) is 7.25. The molecular formula is C16H25FN2O. The number of benzene rings is 1. The quantitative estimate of drug-likeness (QED) is 0.839. The molecule has 1 fully saturated rings. The molecule has 1 aromatic rings. The summed E-state index contributed by atoms with van der Waals surface area (Å²) in [6.07, 6.45) is 4.43. The first-order valence-electron chi connectivity index (χ1n) is 7.52. The average molecular weight is 280 g/mol. The minimum absolute atomic E-state index is 0.159. The second kappa shape index (κ2) is 7.72. The van der Waals surface area contributed by atoms with Crippen LogP contribution in [0.2, 0.25) is 0 Å². The molecule has 0 amide bonds. The summed E-state index contributed by atoms with van der Waals surface area (Å²) in [5.74, 6) is -0.186. The van der Waals surface area contributed by atoms with Crippen LogP contribution >= 0.6 is 0 Å². The van der Waals surface area contributed by atoms with E-state index in [0.717, 1.165) is 31.5 Å². The minimum atomic E-state index is -0.186. The van der Waals surface area contributed by atoms with E-state index >= 15 is 0 Å². The van der Waals surface area contributed by atoms with Crippen LogP contribution in [-0.2, 0) is 0 Å². The van der Waals surface area contributed by atoms with Crippen LogP contribution in [-0.4, -0.2) is 42.8 Å². The average Bonchev–Trinajstić information content (AvgIpc) is 2.48. The topological polar surface area (TPSA) is 35.5 Å². The van der Waals surface area contributed by atoms with Crippen molar-refractivity contribution in [3.05, 3.63) is 35.6 Å². The molecule has 0 aliphatic carbocycles. The van der Waals surface area contributed by atoms with Crippen LogP contribution in [0.15, 0.2) is 24.3 Å². The first-order chi connectivity index (χ1) is 9.74. The molecule has 0 bridgehead atoms. The summed E-state index contributed by atoms with van der Waals surface area (Å²) < 4.78 is 13.3. The maximum Gasteiger partial charge on any atom is 0.123 e. The van der Waals surface area contributed by atoms with Crippen molar-refractivity contribution in [1.82, 2.24) is 10.2 Å². The lowest BCUT2D eigenvalue weighted by atomic mass is 9.99. The van der Waals surface area contributed by atoms with Gasteiger partial charge >= 0.3 is 0 Å². The van der Waals surface area contributed by atoms with E-state index in [1.807, 2.05) is 13.1 Å². The molecule has 1 aliphatic heterocycles. The Labute approximate surface area is 120 Å². The highest BCUT2D eigenvalue weighted by atomic mass is 19.1. The fourth-order valence-corrected chi connectivity index (χ4v) is 3.06. The molecule has 2 N–H and O–H groups in total. The number of nitrogens with zero attached hydrogens (tertiary/aromatic N) is 1. The molecule has 1 saturated heterocycles. The van der Waals surface area contributed by atoms with Crippen molar-refractivity contribution in [1.29, 1.82) is 0 Å². The first kappa shape index (κ1) is 15.4. The molecule has 2 rings (SSSR count). The molecule has 2 atom stereocenters. The van der Waals surface area contributed by atoms with E-state index in [1.54, 1.807) is 12.1 Å². The third kappa shape index (κ3) is 4.01. The number of aliphatic hydroxyl groups is 1. The summed E-state index contributed by atoms with van der Waals surface area (Å²) in [4.78, 5) is 2.37. The molecule has 0 saturated carbocycles. The Hall–Kier alpha value is -0.970. The predicted molar refractivity (Wildman–Crippen MR) is 79.1 cm³/mol. The maximum absolute atomic E-state index is 13.3. The van der Waals surface area contributed by atoms with Gasteiger partial charge in [-0.3, -0.25) is 4.90 Å². The van der Waals surface area contributed by atoms with Crippen LogP contribution < -0.4 is 5.32 Å². The molecular weight excluding hydrogens is 255 g/mol. The van der Waals surface area contributed by atoms with Crippen molar-refractivity contribution < 1.29 is 9.50 Å². The molecule has 20 heavy (non-hydrogen) atoms. The number of piperidine rings is 1. The van der Waals surface area contributed by atoms with Gasteiger partial charge in [0.05, 0.1) is 6.61 Å². The SMILES string of the molecule is CNC(CCN1CCCCC1CO)c1cccc(F)c1. The van der Waals surface area contributed by atoms with E-state index in [4.69, 9.17) is 0 Å².